The smallest absolute Gasteiger partial charge is 0.248 e. The van der Waals surface area contributed by atoms with Gasteiger partial charge in [-0.15, -0.1) is 0 Å². The van der Waals surface area contributed by atoms with Gasteiger partial charge in [0.05, 0.1) is 17.2 Å². The number of nitrogen functional groups attached to an aromatic ring is 1. The Morgan fingerprint density at radius 2 is 2.05 bits per heavy atom. The van der Waals surface area contributed by atoms with Gasteiger partial charge in [-0.1, -0.05) is 6.07 Å². The number of aryl methyl sites for hydroxylation is 1. The highest BCUT2D eigenvalue weighted by Crippen LogP contribution is 2.48. The highest BCUT2D eigenvalue weighted by Gasteiger charge is 2.56. The lowest BCUT2D eigenvalue weighted by Crippen LogP contribution is -2.46. The maximum Gasteiger partial charge on any atom is 0.248 e. The van der Waals surface area contributed by atoms with Crippen molar-refractivity contribution >= 4 is 61.3 Å². The van der Waals surface area contributed by atoms with E-state index in [0.29, 0.717) is 39.6 Å². The van der Waals surface area contributed by atoms with Gasteiger partial charge in [0.25, 0.3) is 0 Å². The molecule has 1 aliphatic carbocycles. The lowest BCUT2D eigenvalue weighted by molar-refractivity contribution is -0.138. The normalized spacial score (nSPS) is 19.9. The summed E-state index contributed by atoms with van der Waals surface area (Å²) >= 11 is 3.33. The number of halogens is 1. The van der Waals surface area contributed by atoms with Crippen molar-refractivity contribution in [1.82, 2.24) is 24.4 Å². The van der Waals surface area contributed by atoms with Crippen LogP contribution in [0.25, 0.3) is 33.3 Å². The zero-order valence-electron chi connectivity index (χ0n) is 21.0. The summed E-state index contributed by atoms with van der Waals surface area (Å²) < 4.78 is 8.15. The molecule has 5 heterocycles. The second kappa shape index (κ2) is 8.91. The first-order valence-electron chi connectivity index (χ1n) is 12.7. The van der Waals surface area contributed by atoms with E-state index in [1.165, 1.54) is 6.33 Å². The molecule has 5 aromatic rings. The number of benzene rings is 1. The number of piperidine rings is 1. The molecule has 3 atom stereocenters. The van der Waals surface area contributed by atoms with Crippen LogP contribution in [0.4, 0.5) is 11.6 Å². The van der Waals surface area contributed by atoms with E-state index in [9.17, 15) is 9.59 Å². The van der Waals surface area contributed by atoms with Crippen LogP contribution in [0.3, 0.4) is 0 Å². The monoisotopic (exact) mass is 585 g/mol. The minimum absolute atomic E-state index is 0.0273. The molecule has 2 amide bonds. The average Bonchev–Trinajstić information content (AvgIpc) is 3.25. The number of fused-ring (bicyclic) bond motifs is 4. The van der Waals surface area contributed by atoms with Crippen LogP contribution in [0.2, 0.25) is 0 Å². The first-order valence-corrected chi connectivity index (χ1v) is 13.5. The Kier molecular flexibility index (Phi) is 5.44. The Morgan fingerprint density at radius 3 is 2.85 bits per heavy atom. The molecule has 3 N–H and O–H groups in total. The third-order valence-electron chi connectivity index (χ3n) is 7.71. The molecule has 2 fully saturated rings. The zero-order chi connectivity index (χ0) is 26.8. The molecule has 1 aliphatic heterocycles. The van der Waals surface area contributed by atoms with Gasteiger partial charge in [-0.05, 0) is 83.6 Å². The van der Waals surface area contributed by atoms with Gasteiger partial charge in [-0.25, -0.2) is 15.0 Å². The van der Waals surface area contributed by atoms with Crippen molar-refractivity contribution in [3.8, 4) is 11.3 Å². The van der Waals surface area contributed by atoms with E-state index < -0.39 is 6.04 Å². The van der Waals surface area contributed by atoms with Crippen LogP contribution in [0, 0.1) is 12.8 Å². The summed E-state index contributed by atoms with van der Waals surface area (Å²) in [4.78, 5) is 42.0. The molecular formula is C28H24BrN7O3. The van der Waals surface area contributed by atoms with Gasteiger partial charge in [0.2, 0.25) is 11.8 Å². The molecule has 1 saturated heterocycles. The Bertz CT molecular complexity index is 1780. The standard InChI is InChI=1S/C28H24BrN7O3/c1-14-8-16(20-4-3-7-39-20)9-17-24-26(30)31-13-32-27(24)35(25(14)17)12-23(37)36-18-10-15(18)11-19(36)28(38)34-22-6-2-5-21(29)33-22/h2-9,13,15,18-19H,10-12H2,1H3,(H2,30,31,32)(H,33,34,38)/t15-,18-,19+/m1/s1. The third-order valence-corrected chi connectivity index (χ3v) is 8.15. The summed E-state index contributed by atoms with van der Waals surface area (Å²) in [6.45, 7) is 2.02. The molecule has 2 aliphatic rings. The molecule has 4 aromatic heterocycles. The second-order valence-corrected chi connectivity index (χ2v) is 11.0. The first-order chi connectivity index (χ1) is 18.9. The summed E-state index contributed by atoms with van der Waals surface area (Å²) in [6, 6.07) is 12.6. The van der Waals surface area contributed by atoms with Gasteiger partial charge in [0.15, 0.2) is 0 Å². The Morgan fingerprint density at radius 1 is 1.18 bits per heavy atom. The Balaban J connectivity index is 1.26. The maximum absolute atomic E-state index is 13.9. The van der Waals surface area contributed by atoms with Crippen molar-refractivity contribution in [3.05, 3.63) is 65.2 Å². The van der Waals surface area contributed by atoms with E-state index in [0.717, 1.165) is 34.2 Å². The van der Waals surface area contributed by atoms with Crippen molar-refractivity contribution in [2.24, 2.45) is 5.92 Å². The third kappa shape index (κ3) is 3.95. The Labute approximate surface area is 231 Å². The predicted octanol–water partition coefficient (Wildman–Crippen LogP) is 4.52. The molecule has 0 spiro atoms. The fourth-order valence-electron chi connectivity index (χ4n) is 5.98. The number of rotatable bonds is 5. The maximum atomic E-state index is 13.9. The van der Waals surface area contributed by atoms with Crippen molar-refractivity contribution in [2.45, 2.75) is 38.4 Å². The first kappa shape index (κ1) is 23.8. The predicted molar refractivity (Wildman–Crippen MR) is 150 cm³/mol. The van der Waals surface area contributed by atoms with Crippen LogP contribution in [0.1, 0.15) is 18.4 Å². The minimum Gasteiger partial charge on any atom is -0.464 e. The molecule has 0 radical (unpaired) electrons. The van der Waals surface area contributed by atoms with Crippen molar-refractivity contribution in [1.29, 1.82) is 0 Å². The molecule has 1 aromatic carbocycles. The number of amides is 2. The molecule has 0 unspecified atom stereocenters. The summed E-state index contributed by atoms with van der Waals surface area (Å²) in [6.07, 6.45) is 4.60. The number of nitrogens with two attached hydrogens (primary N) is 1. The van der Waals surface area contributed by atoms with Gasteiger partial charge in [0.1, 0.15) is 46.6 Å². The van der Waals surface area contributed by atoms with Crippen molar-refractivity contribution < 1.29 is 14.0 Å². The van der Waals surface area contributed by atoms with Crippen LogP contribution in [0.5, 0.6) is 0 Å². The van der Waals surface area contributed by atoms with Crippen LogP contribution >= 0.6 is 15.9 Å². The quantitative estimate of drug-likeness (QED) is 0.290. The average molecular weight is 586 g/mol. The highest BCUT2D eigenvalue weighted by molar-refractivity contribution is 9.10. The van der Waals surface area contributed by atoms with Gasteiger partial charge >= 0.3 is 0 Å². The summed E-state index contributed by atoms with van der Waals surface area (Å²) in [5.41, 5.74) is 9.62. The number of furan rings is 1. The molecule has 1 saturated carbocycles. The molecule has 196 valence electrons. The molecule has 7 rings (SSSR count). The molecule has 0 bridgehead atoms. The number of hydrogen-bond donors (Lipinski definition) is 2. The summed E-state index contributed by atoms with van der Waals surface area (Å²) in [7, 11) is 0. The minimum atomic E-state index is -0.554. The molecule has 10 nitrogen and oxygen atoms in total. The van der Waals surface area contributed by atoms with Crippen LogP contribution in [0.15, 0.2) is 64.1 Å². The SMILES string of the molecule is Cc1cc(-c2ccco2)cc2c3c(N)ncnc3n(CC(=O)N3[C@@H]4C[C@@H]4C[C@H]3C(=O)Nc3cccc(Br)n3)c12. The zero-order valence-corrected chi connectivity index (χ0v) is 22.6. The van der Waals surface area contributed by atoms with Gasteiger partial charge in [-0.3, -0.25) is 9.59 Å². The molecular weight excluding hydrogens is 562 g/mol. The van der Waals surface area contributed by atoms with E-state index in [1.54, 1.807) is 29.4 Å². The number of anilines is 2. The number of hydrogen-bond acceptors (Lipinski definition) is 7. The second-order valence-electron chi connectivity index (χ2n) is 10.2. The molecule has 11 heteroatoms. The van der Waals surface area contributed by atoms with Crippen LogP contribution in [-0.2, 0) is 16.1 Å². The lowest BCUT2D eigenvalue weighted by atomic mass is 10.0. The van der Waals surface area contributed by atoms with Crippen LogP contribution in [-0.4, -0.2) is 48.3 Å². The number of aromatic nitrogens is 4. The van der Waals surface area contributed by atoms with Crippen molar-refractivity contribution in [3.63, 3.8) is 0 Å². The number of nitrogens with zero attached hydrogens (tertiary/aromatic N) is 5. The van der Waals surface area contributed by atoms with E-state index in [2.05, 4.69) is 36.2 Å². The summed E-state index contributed by atoms with van der Waals surface area (Å²) in [5.74, 6) is 1.50. The molecule has 39 heavy (non-hydrogen) atoms. The number of nitrogens with one attached hydrogen (secondary N) is 1. The Hall–Kier alpha value is -4.25. The number of likely N-dealkylation sites (tertiary alicyclic amines) is 1. The number of carbonyl (C=O) groups is 2. The van der Waals surface area contributed by atoms with E-state index in [-0.39, 0.29) is 24.4 Å². The van der Waals surface area contributed by atoms with Crippen LogP contribution < -0.4 is 11.1 Å². The van der Waals surface area contributed by atoms with Gasteiger partial charge in [0, 0.05) is 17.0 Å². The number of pyridine rings is 1. The van der Waals surface area contributed by atoms with Crippen molar-refractivity contribution in [2.75, 3.05) is 11.1 Å². The largest absolute Gasteiger partial charge is 0.464 e. The van der Waals surface area contributed by atoms with E-state index in [4.69, 9.17) is 10.2 Å². The fourth-order valence-corrected chi connectivity index (χ4v) is 6.32. The summed E-state index contributed by atoms with van der Waals surface area (Å²) in [5, 5.41) is 4.42. The van der Waals surface area contributed by atoms with E-state index >= 15 is 0 Å². The van der Waals surface area contributed by atoms with E-state index in [1.807, 2.05) is 35.8 Å². The number of carbonyl (C=O) groups excluding carboxylic acids is 2. The fraction of sp³-hybridized carbons (Fsp3) is 0.250. The topological polar surface area (TPSA) is 132 Å². The van der Waals surface area contributed by atoms with Gasteiger partial charge < -0.3 is 24.9 Å². The highest BCUT2D eigenvalue weighted by atomic mass is 79.9. The van der Waals surface area contributed by atoms with Gasteiger partial charge in [-0.2, -0.15) is 0 Å². The lowest BCUT2D eigenvalue weighted by Gasteiger charge is -2.27.